The summed E-state index contributed by atoms with van der Waals surface area (Å²) in [4.78, 5) is 0. The third kappa shape index (κ3) is 3.85. The van der Waals surface area contributed by atoms with E-state index < -0.39 is 0 Å². The van der Waals surface area contributed by atoms with Crippen LogP contribution in [-0.2, 0) is 0 Å². The van der Waals surface area contributed by atoms with E-state index in [1.165, 1.54) is 18.6 Å². The summed E-state index contributed by atoms with van der Waals surface area (Å²) in [7, 11) is 0. The smallest absolute Gasteiger partial charge is 0.0232 e. The summed E-state index contributed by atoms with van der Waals surface area (Å²) in [6.45, 7) is 6.95. The first kappa shape index (κ1) is 9.18. The lowest BCUT2D eigenvalue weighted by atomic mass is 9.90. The van der Waals surface area contributed by atoms with Crippen molar-refractivity contribution in [3.63, 3.8) is 0 Å². The Hall–Kier alpha value is 0.0900. The fraction of sp³-hybridized carbons (Fsp3) is 0.800. The molecule has 0 aromatic carbocycles. The standard InChI is InChI=1S/C10H18S/c1-10(2,3)8-9-6-4-5-7-11-9/h4,6,9H,5,7-8H2,1-3H3. The molecule has 1 unspecified atom stereocenters. The van der Waals surface area contributed by atoms with Crippen LogP contribution < -0.4 is 0 Å². The molecule has 0 saturated heterocycles. The SMILES string of the molecule is CC(C)(C)CC1C=CCCS1. The minimum absolute atomic E-state index is 0.485. The Labute approximate surface area is 74.5 Å². The number of thioether (sulfide) groups is 1. The molecule has 1 heteroatoms. The maximum atomic E-state index is 2.37. The average Bonchev–Trinajstić information content (AvgIpc) is 1.85. The average molecular weight is 170 g/mol. The van der Waals surface area contributed by atoms with E-state index in [4.69, 9.17) is 0 Å². The number of hydrogen-bond acceptors (Lipinski definition) is 1. The van der Waals surface area contributed by atoms with E-state index >= 15 is 0 Å². The second kappa shape index (κ2) is 3.66. The molecular weight excluding hydrogens is 152 g/mol. The molecule has 0 aromatic heterocycles. The van der Waals surface area contributed by atoms with Crippen molar-refractivity contribution in [2.45, 2.75) is 38.9 Å². The topological polar surface area (TPSA) is 0 Å². The monoisotopic (exact) mass is 170 g/mol. The van der Waals surface area contributed by atoms with Crippen molar-refractivity contribution in [2.75, 3.05) is 5.75 Å². The molecule has 1 aliphatic rings. The zero-order valence-electron chi connectivity index (χ0n) is 7.76. The predicted octanol–water partition coefficient (Wildman–Crippen LogP) is 3.48. The Morgan fingerprint density at radius 1 is 1.45 bits per heavy atom. The minimum Gasteiger partial charge on any atom is -0.154 e. The number of hydrogen-bond donors (Lipinski definition) is 0. The summed E-state index contributed by atoms with van der Waals surface area (Å²) in [6, 6.07) is 0. The molecule has 0 saturated carbocycles. The number of rotatable bonds is 1. The quantitative estimate of drug-likeness (QED) is 0.543. The van der Waals surface area contributed by atoms with Crippen LogP contribution in [0.3, 0.4) is 0 Å². The summed E-state index contributed by atoms with van der Waals surface area (Å²) < 4.78 is 0. The second-order valence-electron chi connectivity index (χ2n) is 4.39. The van der Waals surface area contributed by atoms with Crippen LogP contribution in [0.4, 0.5) is 0 Å². The maximum absolute atomic E-state index is 2.37. The van der Waals surface area contributed by atoms with Gasteiger partial charge in [0, 0.05) is 5.25 Å². The molecule has 64 valence electrons. The van der Waals surface area contributed by atoms with Gasteiger partial charge >= 0.3 is 0 Å². The maximum Gasteiger partial charge on any atom is 0.0232 e. The van der Waals surface area contributed by atoms with E-state index in [1.54, 1.807) is 0 Å². The fourth-order valence-corrected chi connectivity index (χ4v) is 2.74. The molecule has 11 heavy (non-hydrogen) atoms. The molecule has 1 heterocycles. The first-order valence-electron chi connectivity index (χ1n) is 4.36. The van der Waals surface area contributed by atoms with E-state index in [9.17, 15) is 0 Å². The van der Waals surface area contributed by atoms with Crippen molar-refractivity contribution in [3.8, 4) is 0 Å². The van der Waals surface area contributed by atoms with Gasteiger partial charge in [0.05, 0.1) is 0 Å². The minimum atomic E-state index is 0.485. The van der Waals surface area contributed by atoms with Gasteiger partial charge in [0.2, 0.25) is 0 Å². The van der Waals surface area contributed by atoms with Crippen molar-refractivity contribution >= 4 is 11.8 Å². The van der Waals surface area contributed by atoms with Gasteiger partial charge in [-0.05, 0) is 24.0 Å². The van der Waals surface area contributed by atoms with Crippen LogP contribution in [0.5, 0.6) is 0 Å². The van der Waals surface area contributed by atoms with Crippen LogP contribution in [0.25, 0.3) is 0 Å². The third-order valence-electron chi connectivity index (χ3n) is 1.78. The Morgan fingerprint density at radius 3 is 2.64 bits per heavy atom. The molecule has 0 amide bonds. The van der Waals surface area contributed by atoms with E-state index in [2.05, 4.69) is 44.7 Å². The number of allylic oxidation sites excluding steroid dienone is 1. The third-order valence-corrected chi connectivity index (χ3v) is 3.00. The highest BCUT2D eigenvalue weighted by Crippen LogP contribution is 2.30. The molecule has 0 aromatic rings. The van der Waals surface area contributed by atoms with Gasteiger partial charge in [0.1, 0.15) is 0 Å². The summed E-state index contributed by atoms with van der Waals surface area (Å²) in [5.41, 5.74) is 0.485. The van der Waals surface area contributed by atoms with Crippen molar-refractivity contribution in [1.29, 1.82) is 0 Å². The van der Waals surface area contributed by atoms with Crippen molar-refractivity contribution in [1.82, 2.24) is 0 Å². The molecule has 0 radical (unpaired) electrons. The molecule has 0 N–H and O–H groups in total. The fourth-order valence-electron chi connectivity index (χ4n) is 1.32. The van der Waals surface area contributed by atoms with E-state index in [1.807, 2.05) is 0 Å². The van der Waals surface area contributed by atoms with E-state index in [-0.39, 0.29) is 0 Å². The molecule has 1 rings (SSSR count). The zero-order chi connectivity index (χ0) is 8.32. The van der Waals surface area contributed by atoms with E-state index in [0.29, 0.717) is 5.41 Å². The summed E-state index contributed by atoms with van der Waals surface area (Å²) in [5.74, 6) is 1.32. The largest absolute Gasteiger partial charge is 0.154 e. The van der Waals surface area contributed by atoms with Crippen molar-refractivity contribution in [3.05, 3.63) is 12.2 Å². The van der Waals surface area contributed by atoms with Crippen LogP contribution in [-0.4, -0.2) is 11.0 Å². The predicted molar refractivity (Wildman–Crippen MR) is 54.1 cm³/mol. The highest BCUT2D eigenvalue weighted by atomic mass is 32.2. The normalized spacial score (nSPS) is 25.5. The van der Waals surface area contributed by atoms with Crippen LogP contribution in [0.2, 0.25) is 0 Å². The summed E-state index contributed by atoms with van der Waals surface area (Å²) >= 11 is 2.10. The first-order valence-corrected chi connectivity index (χ1v) is 5.41. The Morgan fingerprint density at radius 2 is 2.18 bits per heavy atom. The van der Waals surface area contributed by atoms with Crippen LogP contribution in [0.15, 0.2) is 12.2 Å². The van der Waals surface area contributed by atoms with Gasteiger partial charge in [0.15, 0.2) is 0 Å². The lowest BCUT2D eigenvalue weighted by Crippen LogP contribution is -2.15. The second-order valence-corrected chi connectivity index (χ2v) is 5.74. The molecule has 0 aliphatic carbocycles. The van der Waals surface area contributed by atoms with Gasteiger partial charge in [-0.3, -0.25) is 0 Å². The van der Waals surface area contributed by atoms with Gasteiger partial charge in [-0.15, -0.1) is 0 Å². The molecule has 0 bridgehead atoms. The van der Waals surface area contributed by atoms with Gasteiger partial charge < -0.3 is 0 Å². The molecular formula is C10H18S. The molecule has 0 nitrogen and oxygen atoms in total. The lowest BCUT2D eigenvalue weighted by Gasteiger charge is -2.25. The molecule has 0 spiro atoms. The summed E-state index contributed by atoms with van der Waals surface area (Å²) in [6.07, 6.45) is 7.28. The molecule has 0 fully saturated rings. The van der Waals surface area contributed by atoms with Gasteiger partial charge in [0.25, 0.3) is 0 Å². The highest BCUT2D eigenvalue weighted by Gasteiger charge is 2.17. The Balaban J connectivity index is 2.36. The van der Waals surface area contributed by atoms with Gasteiger partial charge in [-0.1, -0.05) is 32.9 Å². The van der Waals surface area contributed by atoms with Crippen LogP contribution >= 0.6 is 11.8 Å². The highest BCUT2D eigenvalue weighted by molar-refractivity contribution is 8.00. The first-order chi connectivity index (χ1) is 5.08. The zero-order valence-corrected chi connectivity index (χ0v) is 8.58. The van der Waals surface area contributed by atoms with Crippen molar-refractivity contribution in [2.24, 2.45) is 5.41 Å². The van der Waals surface area contributed by atoms with Crippen LogP contribution in [0, 0.1) is 5.41 Å². The molecule has 1 atom stereocenters. The Kier molecular flexibility index (Phi) is 3.06. The molecule has 1 aliphatic heterocycles. The summed E-state index contributed by atoms with van der Waals surface area (Å²) in [5, 5.41) is 0.781. The Bertz CT molecular complexity index is 141. The lowest BCUT2D eigenvalue weighted by molar-refractivity contribution is 0.385. The van der Waals surface area contributed by atoms with Gasteiger partial charge in [-0.2, -0.15) is 11.8 Å². The van der Waals surface area contributed by atoms with Gasteiger partial charge in [-0.25, -0.2) is 0 Å². The van der Waals surface area contributed by atoms with Crippen molar-refractivity contribution < 1.29 is 0 Å². The van der Waals surface area contributed by atoms with Crippen LogP contribution in [0.1, 0.15) is 33.6 Å². The van der Waals surface area contributed by atoms with E-state index in [0.717, 1.165) is 5.25 Å².